The molecule has 1 aromatic carbocycles. The molecule has 0 aliphatic carbocycles. The van der Waals surface area contributed by atoms with E-state index in [4.69, 9.17) is 0 Å². The first-order valence-corrected chi connectivity index (χ1v) is 7.65. The predicted octanol–water partition coefficient (Wildman–Crippen LogP) is 2.64. The van der Waals surface area contributed by atoms with Crippen molar-refractivity contribution < 1.29 is 8.42 Å². The molecule has 1 rings (SSSR count). The summed E-state index contributed by atoms with van der Waals surface area (Å²) in [6.45, 7) is 2.52. The van der Waals surface area contributed by atoms with Crippen LogP contribution in [-0.2, 0) is 16.6 Å². The number of sulfonamides is 1. The number of hydrogen-bond acceptors (Lipinski definition) is 2. The number of hydrogen-bond donors (Lipinski definition) is 0. The molecule has 4 heteroatoms. The smallest absolute Gasteiger partial charge is 0.212 e. The van der Waals surface area contributed by atoms with E-state index >= 15 is 0 Å². The molecule has 3 nitrogen and oxygen atoms in total. The molecule has 0 aliphatic heterocycles. The Morgan fingerprint density at radius 2 is 1.76 bits per heavy atom. The molecule has 0 N–H and O–H groups in total. The van der Waals surface area contributed by atoms with E-state index in [-0.39, 0.29) is 5.75 Å². The fourth-order valence-corrected chi connectivity index (χ4v) is 2.86. The van der Waals surface area contributed by atoms with Gasteiger partial charge in [-0.1, -0.05) is 50.1 Å². The van der Waals surface area contributed by atoms with Crippen molar-refractivity contribution in [2.75, 3.05) is 12.8 Å². The van der Waals surface area contributed by atoms with Crippen molar-refractivity contribution in [2.45, 2.75) is 32.7 Å². The molecule has 0 aliphatic rings. The Morgan fingerprint density at radius 1 is 1.12 bits per heavy atom. The van der Waals surface area contributed by atoms with Crippen LogP contribution >= 0.6 is 0 Å². The normalized spacial score (nSPS) is 11.9. The van der Waals surface area contributed by atoms with Gasteiger partial charge in [0, 0.05) is 13.6 Å². The summed E-state index contributed by atoms with van der Waals surface area (Å²) in [5.74, 6) is 0.254. The van der Waals surface area contributed by atoms with Crippen molar-refractivity contribution in [1.82, 2.24) is 4.31 Å². The van der Waals surface area contributed by atoms with Gasteiger partial charge < -0.3 is 0 Å². The molecule has 0 amide bonds. The van der Waals surface area contributed by atoms with E-state index in [0.717, 1.165) is 24.8 Å². The average molecular weight is 255 g/mol. The zero-order valence-electron chi connectivity index (χ0n) is 10.6. The molecular formula is C13H21NO2S. The summed E-state index contributed by atoms with van der Waals surface area (Å²) >= 11 is 0. The largest absolute Gasteiger partial charge is 0.214 e. The SMILES string of the molecule is CCCCCS(=O)(=O)N(C)Cc1ccccc1. The second-order valence-corrected chi connectivity index (χ2v) is 6.46. The van der Waals surface area contributed by atoms with Gasteiger partial charge >= 0.3 is 0 Å². The second-order valence-electron chi connectivity index (χ2n) is 4.26. The molecule has 0 spiro atoms. The van der Waals surface area contributed by atoms with E-state index in [1.807, 2.05) is 30.3 Å². The molecule has 0 saturated carbocycles. The van der Waals surface area contributed by atoms with Gasteiger partial charge in [-0.15, -0.1) is 0 Å². The van der Waals surface area contributed by atoms with Crippen LogP contribution in [0.1, 0.15) is 31.7 Å². The van der Waals surface area contributed by atoms with Crippen LogP contribution < -0.4 is 0 Å². The Morgan fingerprint density at radius 3 is 2.35 bits per heavy atom. The van der Waals surface area contributed by atoms with Gasteiger partial charge in [-0.25, -0.2) is 12.7 Å². The lowest BCUT2D eigenvalue weighted by atomic mass is 10.2. The summed E-state index contributed by atoms with van der Waals surface area (Å²) in [5.41, 5.74) is 1.02. The van der Waals surface area contributed by atoms with Gasteiger partial charge in [0.25, 0.3) is 0 Å². The number of nitrogens with zero attached hydrogens (tertiary/aromatic N) is 1. The Bertz CT molecular complexity index is 414. The molecule has 0 fully saturated rings. The minimum atomic E-state index is -3.10. The predicted molar refractivity (Wildman–Crippen MR) is 71.2 cm³/mol. The van der Waals surface area contributed by atoms with Crippen molar-refractivity contribution in [1.29, 1.82) is 0 Å². The Labute approximate surface area is 105 Å². The van der Waals surface area contributed by atoms with E-state index in [1.54, 1.807) is 7.05 Å². The third-order valence-electron chi connectivity index (χ3n) is 2.73. The quantitative estimate of drug-likeness (QED) is 0.702. The summed E-state index contributed by atoms with van der Waals surface area (Å²) in [6.07, 6.45) is 2.76. The lowest BCUT2D eigenvalue weighted by Crippen LogP contribution is -2.28. The molecule has 0 saturated heterocycles. The topological polar surface area (TPSA) is 37.4 Å². The number of benzene rings is 1. The molecule has 17 heavy (non-hydrogen) atoms. The van der Waals surface area contributed by atoms with Crippen LogP contribution in [0.25, 0.3) is 0 Å². The Balaban J connectivity index is 2.54. The Hall–Kier alpha value is -0.870. The third-order valence-corrected chi connectivity index (χ3v) is 4.61. The minimum absolute atomic E-state index is 0.254. The highest BCUT2D eigenvalue weighted by atomic mass is 32.2. The van der Waals surface area contributed by atoms with Crippen LogP contribution in [0.3, 0.4) is 0 Å². The van der Waals surface area contributed by atoms with Crippen molar-refractivity contribution in [3.05, 3.63) is 35.9 Å². The molecule has 96 valence electrons. The highest BCUT2D eigenvalue weighted by Crippen LogP contribution is 2.09. The molecule has 0 heterocycles. The maximum Gasteiger partial charge on any atom is 0.214 e. The highest BCUT2D eigenvalue weighted by molar-refractivity contribution is 7.89. The maximum absolute atomic E-state index is 11.9. The highest BCUT2D eigenvalue weighted by Gasteiger charge is 2.16. The third kappa shape index (κ3) is 4.88. The molecule has 0 aromatic heterocycles. The fourth-order valence-electron chi connectivity index (χ4n) is 1.63. The van der Waals surface area contributed by atoms with Crippen molar-refractivity contribution in [3.63, 3.8) is 0 Å². The lowest BCUT2D eigenvalue weighted by molar-refractivity contribution is 0.464. The number of rotatable bonds is 7. The zero-order chi connectivity index (χ0) is 12.7. The molecule has 0 radical (unpaired) electrons. The first-order chi connectivity index (χ1) is 8.06. The summed E-state index contributed by atoms with van der Waals surface area (Å²) in [7, 11) is -1.45. The molecule has 0 bridgehead atoms. The van der Waals surface area contributed by atoms with Crippen molar-refractivity contribution in [2.24, 2.45) is 0 Å². The lowest BCUT2D eigenvalue weighted by Gasteiger charge is -2.17. The Kier molecular flexibility index (Phi) is 5.65. The van der Waals surface area contributed by atoms with E-state index in [9.17, 15) is 8.42 Å². The zero-order valence-corrected chi connectivity index (χ0v) is 11.4. The summed E-state index contributed by atoms with van der Waals surface area (Å²) in [6, 6.07) is 9.66. The molecule has 0 unspecified atom stereocenters. The van der Waals surface area contributed by atoms with Gasteiger partial charge in [-0.3, -0.25) is 0 Å². The summed E-state index contributed by atoms with van der Waals surface area (Å²) in [5, 5.41) is 0. The van der Waals surface area contributed by atoms with Gasteiger partial charge in [0.15, 0.2) is 0 Å². The first-order valence-electron chi connectivity index (χ1n) is 6.04. The maximum atomic E-state index is 11.9. The van der Waals surface area contributed by atoms with Gasteiger partial charge in [0.2, 0.25) is 10.0 Å². The van der Waals surface area contributed by atoms with Gasteiger partial charge in [-0.05, 0) is 12.0 Å². The van der Waals surface area contributed by atoms with E-state index < -0.39 is 10.0 Å². The minimum Gasteiger partial charge on any atom is -0.212 e. The summed E-state index contributed by atoms with van der Waals surface area (Å²) < 4.78 is 25.3. The van der Waals surface area contributed by atoms with Crippen LogP contribution in [0.15, 0.2) is 30.3 Å². The van der Waals surface area contributed by atoms with Crippen LogP contribution in [0.4, 0.5) is 0 Å². The van der Waals surface area contributed by atoms with Crippen LogP contribution in [0.2, 0.25) is 0 Å². The first kappa shape index (κ1) is 14.2. The fraction of sp³-hybridized carbons (Fsp3) is 0.538. The molecule has 1 aromatic rings. The average Bonchev–Trinajstić information content (AvgIpc) is 2.30. The van der Waals surface area contributed by atoms with Crippen LogP contribution in [0.5, 0.6) is 0 Å². The van der Waals surface area contributed by atoms with Crippen LogP contribution in [-0.4, -0.2) is 25.5 Å². The van der Waals surface area contributed by atoms with Crippen LogP contribution in [0, 0.1) is 0 Å². The molecular weight excluding hydrogens is 234 g/mol. The standard InChI is InChI=1S/C13H21NO2S/c1-3-4-8-11-17(15,16)14(2)12-13-9-6-5-7-10-13/h5-7,9-10H,3-4,8,11-12H2,1-2H3. The summed E-state index contributed by atoms with van der Waals surface area (Å²) in [4.78, 5) is 0. The van der Waals surface area contributed by atoms with E-state index in [1.165, 1.54) is 4.31 Å². The van der Waals surface area contributed by atoms with Crippen molar-refractivity contribution >= 4 is 10.0 Å². The molecule has 0 atom stereocenters. The monoisotopic (exact) mass is 255 g/mol. The van der Waals surface area contributed by atoms with Gasteiger partial charge in [0.1, 0.15) is 0 Å². The van der Waals surface area contributed by atoms with Crippen molar-refractivity contribution in [3.8, 4) is 0 Å². The van der Waals surface area contributed by atoms with Gasteiger partial charge in [0.05, 0.1) is 5.75 Å². The van der Waals surface area contributed by atoms with E-state index in [0.29, 0.717) is 6.54 Å². The number of unbranched alkanes of at least 4 members (excludes halogenated alkanes) is 2. The van der Waals surface area contributed by atoms with Gasteiger partial charge in [-0.2, -0.15) is 0 Å². The van der Waals surface area contributed by atoms with E-state index in [2.05, 4.69) is 6.92 Å². The second kappa shape index (κ2) is 6.77.